The number of nitrogens with one attached hydrogen (secondary N) is 8. The maximum Gasteiger partial charge on any atom is 0.326 e. The molecule has 5 atom stereocenters. The highest BCUT2D eigenvalue weighted by atomic mass is 28.4. The third kappa shape index (κ3) is 32.1. The van der Waals surface area contributed by atoms with Crippen molar-refractivity contribution in [2.75, 3.05) is 98.2 Å². The summed E-state index contributed by atoms with van der Waals surface area (Å²) in [4.78, 5) is 191. The molecule has 0 spiro atoms. The van der Waals surface area contributed by atoms with Crippen molar-refractivity contribution in [1.82, 2.24) is 62.1 Å². The fourth-order valence-electron chi connectivity index (χ4n) is 10.7. The van der Waals surface area contributed by atoms with Gasteiger partial charge in [0.2, 0.25) is 29.5 Å². The molecule has 0 radical (unpaired) electrons. The molecule has 1 fully saturated rings. The summed E-state index contributed by atoms with van der Waals surface area (Å²) in [5.41, 5.74) is 0.0635. The van der Waals surface area contributed by atoms with Gasteiger partial charge in [-0.3, -0.25) is 53.2 Å². The number of hydrogen-bond donors (Lipinski definition) is 13. The smallest absolute Gasteiger partial charge is 0.326 e. The zero-order valence-corrected chi connectivity index (χ0v) is 56.3. The van der Waals surface area contributed by atoms with Gasteiger partial charge in [0, 0.05) is 123 Å². The number of carboxylic acids is 8. The van der Waals surface area contributed by atoms with Gasteiger partial charge in [0.1, 0.15) is 30.2 Å². The molecule has 544 valence electrons. The molecular weight excluding hydrogens is 1300 g/mol. The third-order valence-corrected chi connectivity index (χ3v) is 20.9. The van der Waals surface area contributed by atoms with Crippen LogP contribution in [0.3, 0.4) is 0 Å². The second-order valence-electron chi connectivity index (χ2n) is 25.4. The van der Waals surface area contributed by atoms with Crippen LogP contribution in [0.25, 0.3) is 0 Å². The lowest BCUT2D eigenvalue weighted by atomic mass is 10.1. The van der Waals surface area contributed by atoms with Crippen molar-refractivity contribution in [2.45, 2.75) is 152 Å². The first-order valence-corrected chi connectivity index (χ1v) is 33.3. The van der Waals surface area contributed by atoms with Crippen molar-refractivity contribution in [3.63, 3.8) is 0 Å². The molecule has 0 bridgehead atoms. The van der Waals surface area contributed by atoms with Crippen LogP contribution in [0.15, 0.2) is 24.3 Å². The van der Waals surface area contributed by atoms with Gasteiger partial charge in [0.25, 0.3) is 14.3 Å². The summed E-state index contributed by atoms with van der Waals surface area (Å²) < 4.78 is 17.1. The van der Waals surface area contributed by atoms with E-state index in [1.165, 1.54) is 43.9 Å². The van der Waals surface area contributed by atoms with Crippen LogP contribution >= 0.6 is 0 Å². The van der Waals surface area contributed by atoms with Crippen molar-refractivity contribution in [3.05, 3.63) is 29.8 Å². The normalized spacial score (nSPS) is 15.5. The van der Waals surface area contributed by atoms with Gasteiger partial charge >= 0.3 is 35.9 Å². The van der Waals surface area contributed by atoms with E-state index in [4.69, 9.17) is 5.11 Å². The topological polar surface area (TPSA) is 536 Å². The minimum Gasteiger partial charge on any atom is -0.549 e. The average Bonchev–Trinajstić information content (AvgIpc) is 0.749. The van der Waals surface area contributed by atoms with Crippen molar-refractivity contribution < 1.29 is 117 Å². The highest BCUT2D eigenvalue weighted by molar-refractivity contribution is 6.90. The molecule has 1 aliphatic heterocycles. The summed E-state index contributed by atoms with van der Waals surface area (Å²) in [6.07, 6.45) is -3.09. The van der Waals surface area contributed by atoms with E-state index in [9.17, 15) is 108 Å². The van der Waals surface area contributed by atoms with E-state index in [0.717, 1.165) is 0 Å². The third-order valence-electron chi connectivity index (χ3n) is 15.7. The summed E-state index contributed by atoms with van der Waals surface area (Å²) in [6, 6.07) is -3.53. The Kier molecular flexibility index (Phi) is 35.8. The van der Waals surface area contributed by atoms with E-state index in [1.54, 1.807) is 0 Å². The van der Waals surface area contributed by atoms with E-state index < -0.39 is 196 Å². The van der Waals surface area contributed by atoms with Crippen molar-refractivity contribution >= 4 is 103 Å². The second kappa shape index (κ2) is 41.2. The highest BCUT2D eigenvalue weighted by Gasteiger charge is 2.56. The van der Waals surface area contributed by atoms with E-state index in [0.29, 0.717) is 5.19 Å². The largest absolute Gasteiger partial charge is 0.549 e. The molecule has 0 unspecified atom stereocenters. The minimum atomic E-state index is -3.75. The molecule has 1 aliphatic rings. The first kappa shape index (κ1) is 84.1. The highest BCUT2D eigenvalue weighted by Crippen LogP contribution is 2.51. The van der Waals surface area contributed by atoms with E-state index >= 15 is 4.11 Å². The summed E-state index contributed by atoms with van der Waals surface area (Å²) in [5.74, 6) is -16.6. The lowest BCUT2D eigenvalue weighted by Gasteiger charge is -2.44. The fraction of sp³-hybridized carbons (Fsp3) is 0.650. The van der Waals surface area contributed by atoms with Crippen LogP contribution in [0.1, 0.15) is 123 Å². The number of benzene rings is 1. The molecule has 37 heteroatoms. The number of halogens is 1. The van der Waals surface area contributed by atoms with Crippen LogP contribution < -0.4 is 63.0 Å². The predicted molar refractivity (Wildman–Crippen MR) is 336 cm³/mol. The van der Waals surface area contributed by atoms with Gasteiger partial charge in [-0.15, -0.1) is 0 Å². The lowest BCUT2D eigenvalue weighted by molar-refractivity contribution is -0.308. The fourth-order valence-corrected chi connectivity index (χ4v) is 15.3. The van der Waals surface area contributed by atoms with E-state index in [2.05, 4.69) is 31.9 Å². The van der Waals surface area contributed by atoms with Gasteiger partial charge in [-0.05, 0) is 72.3 Å². The van der Waals surface area contributed by atoms with Gasteiger partial charge in [0.05, 0.1) is 24.5 Å². The predicted octanol–water partition coefficient (Wildman–Crippen LogP) is -5.95. The average molecular weight is 1400 g/mol. The van der Waals surface area contributed by atoms with Gasteiger partial charge in [0.15, 0.2) is 0 Å². The number of amides is 8. The Morgan fingerprint density at radius 1 is 0.443 bits per heavy atom. The number of hydrogen-bond acceptors (Lipinski definition) is 22. The molecule has 1 saturated heterocycles. The Bertz CT molecular complexity index is 2870. The maximum atomic E-state index is 17.1. The van der Waals surface area contributed by atoms with Crippen molar-refractivity contribution in [1.29, 1.82) is 0 Å². The van der Waals surface area contributed by atoms with Crippen molar-refractivity contribution in [2.24, 2.45) is 0 Å². The van der Waals surface area contributed by atoms with Gasteiger partial charge in [-0.1, -0.05) is 53.7 Å². The number of carbonyl (C=O) groups is 15. The van der Waals surface area contributed by atoms with E-state index in [1.807, 2.05) is 52.2 Å². The number of unbranched alkanes of at least 4 members (excludes halogenated alkanes) is 1. The minimum absolute atomic E-state index is 0.00482. The lowest BCUT2D eigenvalue weighted by Crippen LogP contribution is -2.58. The Balaban J connectivity index is 2.11. The summed E-state index contributed by atoms with van der Waals surface area (Å²) in [7, 11) is -3.75. The van der Waals surface area contributed by atoms with Crippen LogP contribution in [0.5, 0.6) is 0 Å². The number of nitrogens with zero attached hydrogens (tertiary/aromatic N) is 4. The Hall–Kier alpha value is -8.94. The monoisotopic (exact) mass is 1400 g/mol. The quantitative estimate of drug-likeness (QED) is 0.0165. The Morgan fingerprint density at radius 3 is 1.22 bits per heavy atom. The second-order valence-corrected chi connectivity index (χ2v) is 30.2. The van der Waals surface area contributed by atoms with Gasteiger partial charge < -0.3 is 102 Å². The molecule has 1 aromatic rings. The molecule has 8 amide bonds. The van der Waals surface area contributed by atoms with Crippen LogP contribution in [-0.4, -0.2) is 271 Å². The molecule has 97 heavy (non-hydrogen) atoms. The number of carbonyl (C=O) groups excluding carboxylic acids is 10. The van der Waals surface area contributed by atoms with Crippen molar-refractivity contribution in [3.8, 4) is 0 Å². The molecule has 1 aromatic carbocycles. The summed E-state index contributed by atoms with van der Waals surface area (Å²) >= 11 is 0. The summed E-state index contributed by atoms with van der Waals surface area (Å²) in [6.45, 7) is 7.97. The Morgan fingerprint density at radius 2 is 0.814 bits per heavy atom. The number of aliphatic carboxylic acids is 8. The first-order chi connectivity index (χ1) is 45.2. The molecule has 2 rings (SSSR count). The number of urea groups is 1. The first-order valence-electron chi connectivity index (χ1n) is 31.4. The molecule has 0 saturated carbocycles. The number of carboxylic acid groups (broad SMARTS) is 8. The zero-order chi connectivity index (χ0) is 73.4. The molecular formula is C60H92FN12O23Si-3. The van der Waals surface area contributed by atoms with Crippen LogP contribution in [0.2, 0.25) is 10.1 Å². The van der Waals surface area contributed by atoms with Crippen LogP contribution in [0.4, 0.5) is 8.90 Å². The molecule has 0 aliphatic carbocycles. The molecule has 0 aromatic heterocycles. The zero-order valence-electron chi connectivity index (χ0n) is 55.3. The maximum absolute atomic E-state index is 17.1. The van der Waals surface area contributed by atoms with Crippen LogP contribution in [0, 0.1) is 0 Å². The SMILES string of the molecule is CC(C)(C)[Si](F)(c1ccc(C(=O)NC[C@@H](NC(=O)CN2CCN(CC(=O)[O-])CCN(CC(=O)[O-])CCN(CC(=O)[O-])CC2)C(=O)N[C@H](CCCCNC(=O)CCC(=O)NCCC[C@@H](NC(=O)CC[C@H](NC(=O)N[C@@H](CCC(=O)O)C(=O)O)C(=O)O)C(=O)O)C(=O)O)cc1)C(C)(C)C. The molecule has 13 N–H and O–H groups in total. The van der Waals surface area contributed by atoms with Crippen LogP contribution in [-0.2, 0) is 62.3 Å². The van der Waals surface area contributed by atoms with E-state index in [-0.39, 0.29) is 116 Å². The Labute approximate surface area is 560 Å². The standard InChI is InChI=1S/C60H95FN12O23Si/c1-59(2,3)97(61,60(4,5)6)38-14-12-37(13-15-38)52(86)64-32-43(66-47(77)33-70-24-26-71(34-49(80)81)28-30-73(36-51(84)85)31-29-72(27-25-70)35-50(82)83)53(87)67-40(55(90)91)10-7-8-22-62-44(74)19-20-45(75)63-23-9-11-39(54(88)89)65-46(76)18-16-41(56(92)93)68-58(96)69-42(57(94)95)17-21-48(78)79/h12-15,39-43H,7-11,16-36H2,1-6H3,(H,62,74)(H,63,75)(H,64,86)(H,65,76)(H,66,77)(H,67,87)(H,78,79)(H,80,81)(H,82,83)(H,84,85)(H,88,89)(H,90,91)(H,92,93)(H,94,95)(H2,68,69,96)/p-3/t39-,40-,41+,42+,43-/m1/s1. The van der Waals surface area contributed by atoms with Gasteiger partial charge in [-0.25, -0.2) is 24.0 Å². The molecule has 1 heterocycles. The number of rotatable bonds is 40. The summed E-state index contributed by atoms with van der Waals surface area (Å²) in [5, 5.41) is 100.0. The molecule has 35 nitrogen and oxygen atoms in total. The van der Waals surface area contributed by atoms with Gasteiger partial charge in [-0.2, -0.15) is 0 Å².